The minimum atomic E-state index is -0.967. The third kappa shape index (κ3) is 3.67. The van der Waals surface area contributed by atoms with Crippen LogP contribution in [0.1, 0.15) is 46.0 Å². The molecule has 0 aromatic carbocycles. The van der Waals surface area contributed by atoms with Crippen molar-refractivity contribution in [1.29, 1.82) is 0 Å². The van der Waals surface area contributed by atoms with Gasteiger partial charge in [-0.05, 0) is 37.4 Å². The molecule has 0 aromatic rings. The predicted octanol–water partition coefficient (Wildman–Crippen LogP) is 2.49. The zero-order valence-electron chi connectivity index (χ0n) is 10.2. The molecule has 0 spiro atoms. The smallest absolute Gasteiger partial charge is 0.323 e. The van der Waals surface area contributed by atoms with Crippen LogP contribution >= 0.6 is 11.8 Å². The van der Waals surface area contributed by atoms with E-state index in [4.69, 9.17) is 10.8 Å². The van der Waals surface area contributed by atoms with E-state index < -0.39 is 11.5 Å². The van der Waals surface area contributed by atoms with Crippen LogP contribution in [0.3, 0.4) is 0 Å². The standard InChI is InChI=1S/C12H23NO2S/c1-3-9(2)8-16-10-5-4-6-12(13,7-10)11(14)15/h9-10H,3-8,13H2,1-2H3,(H,14,15). The van der Waals surface area contributed by atoms with E-state index >= 15 is 0 Å². The number of carbonyl (C=O) groups is 1. The molecule has 1 saturated carbocycles. The number of hydrogen-bond acceptors (Lipinski definition) is 3. The lowest BCUT2D eigenvalue weighted by molar-refractivity contribution is -0.144. The molecule has 3 N–H and O–H groups in total. The maximum absolute atomic E-state index is 11.1. The van der Waals surface area contributed by atoms with Crippen LogP contribution in [0.25, 0.3) is 0 Å². The van der Waals surface area contributed by atoms with Gasteiger partial charge in [-0.25, -0.2) is 0 Å². The Balaban J connectivity index is 2.42. The molecule has 0 radical (unpaired) electrons. The molecule has 1 aliphatic rings. The van der Waals surface area contributed by atoms with Crippen LogP contribution in [-0.4, -0.2) is 27.6 Å². The second kappa shape index (κ2) is 5.92. The van der Waals surface area contributed by atoms with Crippen molar-refractivity contribution in [2.24, 2.45) is 11.7 Å². The summed E-state index contributed by atoms with van der Waals surface area (Å²) in [5, 5.41) is 9.54. The maximum Gasteiger partial charge on any atom is 0.323 e. The van der Waals surface area contributed by atoms with Gasteiger partial charge < -0.3 is 10.8 Å². The summed E-state index contributed by atoms with van der Waals surface area (Å²) in [6, 6.07) is 0. The highest BCUT2D eigenvalue weighted by Crippen LogP contribution is 2.34. The normalized spacial score (nSPS) is 32.3. The number of nitrogens with two attached hydrogens (primary N) is 1. The zero-order chi connectivity index (χ0) is 12.2. The topological polar surface area (TPSA) is 63.3 Å². The van der Waals surface area contributed by atoms with Crippen molar-refractivity contribution in [3.63, 3.8) is 0 Å². The molecule has 3 unspecified atom stereocenters. The van der Waals surface area contributed by atoms with Gasteiger partial charge in [0.05, 0.1) is 0 Å². The molecule has 0 heterocycles. The number of hydrogen-bond donors (Lipinski definition) is 2. The fraction of sp³-hybridized carbons (Fsp3) is 0.917. The van der Waals surface area contributed by atoms with Crippen LogP contribution in [0.5, 0.6) is 0 Å². The summed E-state index contributed by atoms with van der Waals surface area (Å²) in [5.41, 5.74) is 4.95. The van der Waals surface area contributed by atoms with Crippen LogP contribution in [0.4, 0.5) is 0 Å². The highest BCUT2D eigenvalue weighted by molar-refractivity contribution is 7.99. The van der Waals surface area contributed by atoms with Crippen LogP contribution in [-0.2, 0) is 4.79 Å². The Kier molecular flexibility index (Phi) is 5.12. The lowest BCUT2D eigenvalue weighted by Crippen LogP contribution is -2.52. The Hall–Kier alpha value is -0.220. The Morgan fingerprint density at radius 1 is 1.69 bits per heavy atom. The average molecular weight is 245 g/mol. The second-order valence-corrected chi connectivity index (χ2v) is 6.36. The SMILES string of the molecule is CCC(C)CSC1CCCC(N)(C(=O)O)C1. The molecular formula is C12H23NO2S. The van der Waals surface area contributed by atoms with E-state index in [0.29, 0.717) is 24.0 Å². The molecule has 1 fully saturated rings. The van der Waals surface area contributed by atoms with Crippen molar-refractivity contribution in [3.05, 3.63) is 0 Å². The van der Waals surface area contributed by atoms with Crippen molar-refractivity contribution in [3.8, 4) is 0 Å². The van der Waals surface area contributed by atoms with Crippen molar-refractivity contribution in [2.45, 2.75) is 56.7 Å². The van der Waals surface area contributed by atoms with E-state index in [-0.39, 0.29) is 0 Å². The van der Waals surface area contributed by atoms with Gasteiger partial charge in [-0.1, -0.05) is 20.3 Å². The summed E-state index contributed by atoms with van der Waals surface area (Å²) >= 11 is 1.91. The van der Waals surface area contributed by atoms with Gasteiger partial charge in [0.15, 0.2) is 0 Å². The highest BCUT2D eigenvalue weighted by atomic mass is 32.2. The first-order valence-electron chi connectivity index (χ1n) is 6.12. The quantitative estimate of drug-likeness (QED) is 0.781. The Morgan fingerprint density at radius 3 is 2.94 bits per heavy atom. The molecule has 3 atom stereocenters. The molecule has 0 aromatic heterocycles. The number of thioether (sulfide) groups is 1. The van der Waals surface area contributed by atoms with Crippen LogP contribution in [0, 0.1) is 5.92 Å². The Bertz CT molecular complexity index is 247. The summed E-state index contributed by atoms with van der Waals surface area (Å²) in [6.07, 6.45) is 4.51. The van der Waals surface area contributed by atoms with Crippen LogP contribution < -0.4 is 5.73 Å². The lowest BCUT2D eigenvalue weighted by Gasteiger charge is -2.34. The molecule has 94 valence electrons. The van der Waals surface area contributed by atoms with Crippen LogP contribution in [0.15, 0.2) is 0 Å². The fourth-order valence-electron chi connectivity index (χ4n) is 2.01. The number of carboxylic acids is 1. The van der Waals surface area contributed by atoms with Gasteiger partial charge in [-0.15, -0.1) is 0 Å². The fourth-order valence-corrected chi connectivity index (χ4v) is 3.60. The monoisotopic (exact) mass is 245 g/mol. The van der Waals surface area contributed by atoms with Crippen molar-refractivity contribution in [2.75, 3.05) is 5.75 Å². The summed E-state index contributed by atoms with van der Waals surface area (Å²) in [6.45, 7) is 4.43. The van der Waals surface area contributed by atoms with Crippen molar-refractivity contribution in [1.82, 2.24) is 0 Å². The van der Waals surface area contributed by atoms with Gasteiger partial charge in [-0.2, -0.15) is 11.8 Å². The molecule has 0 bridgehead atoms. The molecule has 1 aliphatic carbocycles. The number of aliphatic carboxylic acids is 1. The van der Waals surface area contributed by atoms with Crippen molar-refractivity contribution >= 4 is 17.7 Å². The lowest BCUT2D eigenvalue weighted by atomic mass is 9.82. The number of rotatable bonds is 5. The zero-order valence-corrected chi connectivity index (χ0v) is 11.1. The third-order valence-corrected chi connectivity index (χ3v) is 5.12. The van der Waals surface area contributed by atoms with Gasteiger partial charge in [-0.3, -0.25) is 4.79 Å². The van der Waals surface area contributed by atoms with Gasteiger partial charge in [0, 0.05) is 5.25 Å². The molecule has 4 heteroatoms. The summed E-state index contributed by atoms with van der Waals surface area (Å²) < 4.78 is 0. The van der Waals surface area contributed by atoms with Gasteiger partial charge >= 0.3 is 5.97 Å². The second-order valence-electron chi connectivity index (χ2n) is 5.03. The molecule has 0 amide bonds. The first-order valence-corrected chi connectivity index (χ1v) is 7.16. The van der Waals surface area contributed by atoms with E-state index in [9.17, 15) is 4.79 Å². The molecule has 16 heavy (non-hydrogen) atoms. The van der Waals surface area contributed by atoms with Gasteiger partial charge in [0.25, 0.3) is 0 Å². The third-order valence-electron chi connectivity index (χ3n) is 3.48. The van der Waals surface area contributed by atoms with E-state index in [2.05, 4.69) is 13.8 Å². The molecule has 0 aliphatic heterocycles. The minimum absolute atomic E-state index is 0.434. The summed E-state index contributed by atoms with van der Waals surface area (Å²) in [4.78, 5) is 11.1. The largest absolute Gasteiger partial charge is 0.480 e. The van der Waals surface area contributed by atoms with Gasteiger partial charge in [0.2, 0.25) is 0 Å². The summed E-state index contributed by atoms with van der Waals surface area (Å²) in [5.74, 6) is 1.00. The molecule has 1 rings (SSSR count). The average Bonchev–Trinajstić information content (AvgIpc) is 2.26. The predicted molar refractivity (Wildman–Crippen MR) is 68.7 cm³/mol. The first-order chi connectivity index (χ1) is 7.48. The minimum Gasteiger partial charge on any atom is -0.480 e. The van der Waals surface area contributed by atoms with Crippen LogP contribution in [0.2, 0.25) is 0 Å². The molecular weight excluding hydrogens is 222 g/mol. The Morgan fingerprint density at radius 2 is 2.38 bits per heavy atom. The van der Waals surface area contributed by atoms with E-state index in [1.54, 1.807) is 0 Å². The maximum atomic E-state index is 11.1. The molecule has 3 nitrogen and oxygen atoms in total. The summed E-state index contributed by atoms with van der Waals surface area (Å²) in [7, 11) is 0. The van der Waals surface area contributed by atoms with E-state index in [1.165, 1.54) is 6.42 Å². The highest BCUT2D eigenvalue weighted by Gasteiger charge is 2.39. The van der Waals surface area contributed by atoms with E-state index in [1.807, 2.05) is 11.8 Å². The van der Waals surface area contributed by atoms with Gasteiger partial charge in [0.1, 0.15) is 5.54 Å². The van der Waals surface area contributed by atoms with E-state index in [0.717, 1.165) is 18.6 Å². The Labute approximate surface area is 102 Å². The molecule has 0 saturated heterocycles. The number of carboxylic acid groups (broad SMARTS) is 1. The van der Waals surface area contributed by atoms with Crippen molar-refractivity contribution < 1.29 is 9.90 Å². The first kappa shape index (κ1) is 13.8.